The SMILES string of the molecule is CC1NCCC1C(=O)N(Cc1cccs1)CC1CCCO1. The largest absolute Gasteiger partial charge is 0.376 e. The van der Waals surface area contributed by atoms with E-state index in [1.165, 1.54) is 4.88 Å². The fraction of sp³-hybridized carbons (Fsp3) is 0.688. The number of carbonyl (C=O) groups is 1. The Morgan fingerprint density at radius 3 is 3.05 bits per heavy atom. The number of rotatable bonds is 5. The molecule has 4 nitrogen and oxygen atoms in total. The third-order valence-corrected chi connectivity index (χ3v) is 5.39. The van der Waals surface area contributed by atoms with Gasteiger partial charge in [0, 0.05) is 24.1 Å². The Hall–Kier alpha value is -0.910. The van der Waals surface area contributed by atoms with Crippen LogP contribution in [-0.4, -0.2) is 42.6 Å². The summed E-state index contributed by atoms with van der Waals surface area (Å²) >= 11 is 1.72. The number of thiophene rings is 1. The predicted octanol–water partition coefficient (Wildman–Crippen LogP) is 2.25. The lowest BCUT2D eigenvalue weighted by molar-refractivity contribution is -0.137. The van der Waals surface area contributed by atoms with Gasteiger partial charge in [-0.05, 0) is 44.2 Å². The predicted molar refractivity (Wildman–Crippen MR) is 84.3 cm³/mol. The Morgan fingerprint density at radius 1 is 1.52 bits per heavy atom. The molecule has 2 aliphatic heterocycles. The van der Waals surface area contributed by atoms with Gasteiger partial charge in [0.2, 0.25) is 5.91 Å². The van der Waals surface area contributed by atoms with Crippen LogP contribution in [0.5, 0.6) is 0 Å². The van der Waals surface area contributed by atoms with Crippen LogP contribution in [-0.2, 0) is 16.1 Å². The summed E-state index contributed by atoms with van der Waals surface area (Å²) in [6, 6.07) is 4.44. The topological polar surface area (TPSA) is 41.6 Å². The van der Waals surface area contributed by atoms with Crippen LogP contribution >= 0.6 is 11.3 Å². The Morgan fingerprint density at radius 2 is 2.43 bits per heavy atom. The molecule has 21 heavy (non-hydrogen) atoms. The van der Waals surface area contributed by atoms with E-state index in [2.05, 4.69) is 29.8 Å². The van der Waals surface area contributed by atoms with E-state index >= 15 is 0 Å². The lowest BCUT2D eigenvalue weighted by Gasteiger charge is -2.29. The van der Waals surface area contributed by atoms with Gasteiger partial charge in [-0.1, -0.05) is 6.07 Å². The summed E-state index contributed by atoms with van der Waals surface area (Å²) in [4.78, 5) is 16.2. The van der Waals surface area contributed by atoms with Crippen molar-refractivity contribution in [3.05, 3.63) is 22.4 Å². The molecule has 116 valence electrons. The molecule has 2 fully saturated rings. The van der Waals surface area contributed by atoms with Gasteiger partial charge in [0.1, 0.15) is 0 Å². The first-order valence-electron chi connectivity index (χ1n) is 7.90. The van der Waals surface area contributed by atoms with Gasteiger partial charge in [-0.3, -0.25) is 4.79 Å². The number of nitrogens with zero attached hydrogens (tertiary/aromatic N) is 1. The molecule has 0 aromatic carbocycles. The zero-order valence-electron chi connectivity index (χ0n) is 12.6. The van der Waals surface area contributed by atoms with Crippen molar-refractivity contribution in [3.8, 4) is 0 Å². The molecule has 3 heterocycles. The molecule has 1 amide bonds. The number of amides is 1. The number of hydrogen-bond acceptors (Lipinski definition) is 4. The lowest BCUT2D eigenvalue weighted by atomic mass is 10.00. The van der Waals surface area contributed by atoms with E-state index in [1.807, 2.05) is 4.90 Å². The van der Waals surface area contributed by atoms with Crippen molar-refractivity contribution in [1.82, 2.24) is 10.2 Å². The second-order valence-corrected chi connectivity index (χ2v) is 7.10. The smallest absolute Gasteiger partial charge is 0.227 e. The first kappa shape index (κ1) is 15.0. The summed E-state index contributed by atoms with van der Waals surface area (Å²) in [5.74, 6) is 0.405. The zero-order chi connectivity index (χ0) is 14.7. The van der Waals surface area contributed by atoms with Crippen LogP contribution in [0.4, 0.5) is 0 Å². The maximum Gasteiger partial charge on any atom is 0.227 e. The molecule has 1 N–H and O–H groups in total. The molecule has 0 radical (unpaired) electrons. The molecule has 1 aromatic rings. The molecule has 5 heteroatoms. The summed E-state index contributed by atoms with van der Waals surface area (Å²) in [7, 11) is 0. The van der Waals surface area contributed by atoms with Crippen molar-refractivity contribution in [2.24, 2.45) is 5.92 Å². The zero-order valence-corrected chi connectivity index (χ0v) is 13.4. The number of hydrogen-bond donors (Lipinski definition) is 1. The Labute approximate surface area is 130 Å². The molecular formula is C16H24N2O2S. The van der Waals surface area contributed by atoms with Crippen molar-refractivity contribution >= 4 is 17.2 Å². The highest BCUT2D eigenvalue weighted by atomic mass is 32.1. The molecule has 0 saturated carbocycles. The van der Waals surface area contributed by atoms with Gasteiger partial charge in [0.05, 0.1) is 18.6 Å². The molecule has 0 bridgehead atoms. The first-order chi connectivity index (χ1) is 10.2. The number of nitrogens with one attached hydrogen (secondary N) is 1. The van der Waals surface area contributed by atoms with E-state index < -0.39 is 0 Å². The Bertz CT molecular complexity index is 457. The second-order valence-electron chi connectivity index (χ2n) is 6.07. The van der Waals surface area contributed by atoms with Gasteiger partial charge >= 0.3 is 0 Å². The first-order valence-corrected chi connectivity index (χ1v) is 8.78. The van der Waals surface area contributed by atoms with Crippen LogP contribution in [0.3, 0.4) is 0 Å². The monoisotopic (exact) mass is 308 g/mol. The van der Waals surface area contributed by atoms with Crippen molar-refractivity contribution in [3.63, 3.8) is 0 Å². The van der Waals surface area contributed by atoms with Crippen LogP contribution < -0.4 is 5.32 Å². The lowest BCUT2D eigenvalue weighted by Crippen LogP contribution is -2.43. The average Bonchev–Trinajstić information content (AvgIpc) is 3.19. The van der Waals surface area contributed by atoms with Crippen LogP contribution in [0.15, 0.2) is 17.5 Å². The fourth-order valence-corrected chi connectivity index (χ4v) is 4.01. The van der Waals surface area contributed by atoms with Gasteiger partial charge in [0.15, 0.2) is 0 Å². The third-order valence-electron chi connectivity index (χ3n) is 4.53. The Kier molecular flexibility index (Phi) is 4.93. The molecule has 3 rings (SSSR count). The van der Waals surface area contributed by atoms with Crippen LogP contribution in [0.25, 0.3) is 0 Å². The minimum absolute atomic E-state index is 0.117. The summed E-state index contributed by atoms with van der Waals surface area (Å²) in [5.41, 5.74) is 0. The van der Waals surface area contributed by atoms with Gasteiger partial charge in [-0.15, -0.1) is 11.3 Å². The molecule has 1 aromatic heterocycles. The van der Waals surface area contributed by atoms with Crippen LogP contribution in [0.2, 0.25) is 0 Å². The van der Waals surface area contributed by atoms with E-state index in [0.717, 1.165) is 45.5 Å². The highest BCUT2D eigenvalue weighted by Crippen LogP contribution is 2.23. The minimum Gasteiger partial charge on any atom is -0.376 e. The average molecular weight is 308 g/mol. The molecule has 0 aliphatic carbocycles. The molecular weight excluding hydrogens is 284 g/mol. The summed E-state index contributed by atoms with van der Waals surface area (Å²) in [6.45, 7) is 5.36. The molecule has 0 spiro atoms. The molecule has 3 atom stereocenters. The van der Waals surface area contributed by atoms with E-state index in [4.69, 9.17) is 4.74 Å². The quantitative estimate of drug-likeness (QED) is 0.907. The highest BCUT2D eigenvalue weighted by Gasteiger charge is 2.34. The van der Waals surface area contributed by atoms with Crippen molar-refractivity contribution in [2.75, 3.05) is 19.7 Å². The number of carbonyl (C=O) groups excluding carboxylic acids is 1. The molecule has 3 unspecified atom stereocenters. The minimum atomic E-state index is 0.117. The van der Waals surface area contributed by atoms with Gasteiger partial charge in [0.25, 0.3) is 0 Å². The van der Waals surface area contributed by atoms with Crippen molar-refractivity contribution < 1.29 is 9.53 Å². The fourth-order valence-electron chi connectivity index (χ4n) is 3.29. The molecule has 2 aliphatic rings. The van der Waals surface area contributed by atoms with E-state index in [0.29, 0.717) is 0 Å². The van der Waals surface area contributed by atoms with Gasteiger partial charge in [-0.2, -0.15) is 0 Å². The van der Waals surface area contributed by atoms with Gasteiger partial charge < -0.3 is 15.0 Å². The van der Waals surface area contributed by atoms with E-state index in [1.54, 1.807) is 11.3 Å². The number of ether oxygens (including phenoxy) is 1. The van der Waals surface area contributed by atoms with Gasteiger partial charge in [-0.25, -0.2) is 0 Å². The van der Waals surface area contributed by atoms with Crippen molar-refractivity contribution in [2.45, 2.75) is 44.9 Å². The van der Waals surface area contributed by atoms with Crippen LogP contribution in [0.1, 0.15) is 31.1 Å². The maximum absolute atomic E-state index is 12.9. The normalized spacial score (nSPS) is 28.9. The maximum atomic E-state index is 12.9. The summed E-state index contributed by atoms with van der Waals surface area (Å²) in [6.07, 6.45) is 3.37. The highest BCUT2D eigenvalue weighted by molar-refractivity contribution is 7.09. The van der Waals surface area contributed by atoms with Crippen LogP contribution in [0, 0.1) is 5.92 Å². The van der Waals surface area contributed by atoms with E-state index in [-0.39, 0.29) is 24.0 Å². The second kappa shape index (κ2) is 6.90. The Balaban J connectivity index is 1.69. The van der Waals surface area contributed by atoms with Crippen molar-refractivity contribution in [1.29, 1.82) is 0 Å². The molecule has 2 saturated heterocycles. The summed E-state index contributed by atoms with van der Waals surface area (Å²) in [5, 5.41) is 5.45. The standard InChI is InChI=1S/C16H24N2O2S/c1-12-15(6-7-17-12)16(19)18(10-13-4-2-8-20-13)11-14-5-3-9-21-14/h3,5,9,12-13,15,17H,2,4,6-8,10-11H2,1H3. The third kappa shape index (κ3) is 3.65. The summed E-state index contributed by atoms with van der Waals surface area (Å²) < 4.78 is 5.74. The van der Waals surface area contributed by atoms with E-state index in [9.17, 15) is 4.79 Å².